The number of aliphatic hydroxyl groups is 1. The molecule has 3 N–H and O–H groups in total. The van der Waals surface area contributed by atoms with Crippen LogP contribution in [0, 0.1) is 6.92 Å². The summed E-state index contributed by atoms with van der Waals surface area (Å²) in [5.74, 6) is -0.184. The van der Waals surface area contributed by atoms with Crippen molar-refractivity contribution in [2.24, 2.45) is 0 Å². The van der Waals surface area contributed by atoms with E-state index < -0.39 is 0 Å². The quantitative estimate of drug-likeness (QED) is 0.757. The highest BCUT2D eigenvalue weighted by Gasteiger charge is 2.11. The van der Waals surface area contributed by atoms with Crippen LogP contribution in [0.3, 0.4) is 0 Å². The molecule has 0 fully saturated rings. The summed E-state index contributed by atoms with van der Waals surface area (Å²) in [6, 6.07) is 7.55. The van der Waals surface area contributed by atoms with Crippen molar-refractivity contribution in [3.05, 3.63) is 41.7 Å². The van der Waals surface area contributed by atoms with Gasteiger partial charge in [0.1, 0.15) is 0 Å². The molecule has 0 atom stereocenters. The summed E-state index contributed by atoms with van der Waals surface area (Å²) in [5, 5.41) is 18.4. The number of amides is 1. The first-order valence-corrected chi connectivity index (χ1v) is 6.93. The van der Waals surface area contributed by atoms with Gasteiger partial charge in [0.05, 0.1) is 18.4 Å². The number of aromatic amines is 1. The third-order valence-corrected chi connectivity index (χ3v) is 3.32. The van der Waals surface area contributed by atoms with Crippen molar-refractivity contribution in [2.75, 3.05) is 29.9 Å². The zero-order valence-corrected chi connectivity index (χ0v) is 12.3. The first-order chi connectivity index (χ1) is 10.2. The van der Waals surface area contributed by atoms with Gasteiger partial charge in [0.2, 0.25) is 0 Å². The maximum Gasteiger partial charge on any atom is 0.259 e. The molecule has 1 heterocycles. The van der Waals surface area contributed by atoms with E-state index in [-0.39, 0.29) is 12.5 Å². The number of aromatic nitrogens is 2. The summed E-state index contributed by atoms with van der Waals surface area (Å²) >= 11 is 0. The van der Waals surface area contributed by atoms with Crippen LogP contribution in [0.25, 0.3) is 0 Å². The van der Waals surface area contributed by atoms with E-state index in [0.717, 1.165) is 23.6 Å². The molecule has 1 aromatic heterocycles. The van der Waals surface area contributed by atoms with Gasteiger partial charge in [0, 0.05) is 30.2 Å². The van der Waals surface area contributed by atoms with Gasteiger partial charge < -0.3 is 15.3 Å². The summed E-state index contributed by atoms with van der Waals surface area (Å²) in [5.41, 5.74) is 3.02. The van der Waals surface area contributed by atoms with Crippen LogP contribution >= 0.6 is 0 Å². The van der Waals surface area contributed by atoms with Crippen LogP contribution in [0.2, 0.25) is 0 Å². The molecule has 0 unspecified atom stereocenters. The van der Waals surface area contributed by atoms with Gasteiger partial charge >= 0.3 is 0 Å². The number of aliphatic hydroxyl groups excluding tert-OH is 1. The van der Waals surface area contributed by atoms with Gasteiger partial charge in [-0.25, -0.2) is 0 Å². The predicted octanol–water partition coefficient (Wildman–Crippen LogP) is 1.79. The maximum atomic E-state index is 12.1. The van der Waals surface area contributed by atoms with Crippen molar-refractivity contribution in [3.8, 4) is 0 Å². The third-order valence-electron chi connectivity index (χ3n) is 3.32. The summed E-state index contributed by atoms with van der Waals surface area (Å²) in [6.45, 7) is 5.37. The average Bonchev–Trinajstić information content (AvgIpc) is 2.92. The van der Waals surface area contributed by atoms with Crippen molar-refractivity contribution in [3.63, 3.8) is 0 Å². The Kier molecular flexibility index (Phi) is 4.94. The molecule has 0 spiro atoms. The molecule has 112 valence electrons. The molecule has 2 rings (SSSR count). The minimum Gasteiger partial charge on any atom is -0.395 e. The van der Waals surface area contributed by atoms with E-state index in [1.807, 2.05) is 31.2 Å². The van der Waals surface area contributed by atoms with E-state index in [0.29, 0.717) is 12.1 Å². The van der Waals surface area contributed by atoms with Crippen LogP contribution in [-0.4, -0.2) is 40.9 Å². The van der Waals surface area contributed by atoms with E-state index in [1.165, 1.54) is 6.20 Å². The van der Waals surface area contributed by atoms with Crippen LogP contribution in [-0.2, 0) is 0 Å². The van der Waals surface area contributed by atoms with Crippen molar-refractivity contribution >= 4 is 17.3 Å². The Bertz CT molecular complexity index is 592. The number of H-pyrrole nitrogens is 1. The molecule has 6 heteroatoms. The molecule has 0 aliphatic rings. The number of nitrogens with zero attached hydrogens (tertiary/aromatic N) is 2. The van der Waals surface area contributed by atoms with Crippen molar-refractivity contribution in [1.29, 1.82) is 0 Å². The Morgan fingerprint density at radius 3 is 2.62 bits per heavy atom. The van der Waals surface area contributed by atoms with Crippen LogP contribution in [0.4, 0.5) is 11.4 Å². The number of hydrogen-bond donors (Lipinski definition) is 3. The van der Waals surface area contributed by atoms with Crippen molar-refractivity contribution in [2.45, 2.75) is 13.8 Å². The zero-order valence-electron chi connectivity index (χ0n) is 12.3. The highest BCUT2D eigenvalue weighted by molar-refractivity contribution is 6.04. The lowest BCUT2D eigenvalue weighted by Crippen LogP contribution is -2.26. The lowest BCUT2D eigenvalue weighted by Gasteiger charge is -2.22. The molecular formula is C15H20N4O2. The average molecular weight is 288 g/mol. The van der Waals surface area contributed by atoms with E-state index in [4.69, 9.17) is 5.11 Å². The number of likely N-dealkylation sites (N-methyl/N-ethyl adjacent to an activating group) is 1. The normalized spacial score (nSPS) is 10.4. The highest BCUT2D eigenvalue weighted by atomic mass is 16.3. The Balaban J connectivity index is 2.06. The summed E-state index contributed by atoms with van der Waals surface area (Å²) in [7, 11) is 0. The largest absolute Gasteiger partial charge is 0.395 e. The predicted molar refractivity (Wildman–Crippen MR) is 82.7 cm³/mol. The fraction of sp³-hybridized carbons (Fsp3) is 0.333. The molecule has 0 saturated heterocycles. The lowest BCUT2D eigenvalue weighted by molar-refractivity contribution is 0.102. The molecule has 1 amide bonds. The Morgan fingerprint density at radius 1 is 1.38 bits per heavy atom. The smallest absolute Gasteiger partial charge is 0.259 e. The van der Waals surface area contributed by atoms with E-state index in [2.05, 4.69) is 20.4 Å². The number of nitrogens with one attached hydrogen (secondary N) is 2. The number of carbonyl (C=O) groups is 1. The van der Waals surface area contributed by atoms with E-state index in [1.54, 1.807) is 6.92 Å². The summed E-state index contributed by atoms with van der Waals surface area (Å²) < 4.78 is 0. The maximum absolute atomic E-state index is 12.1. The van der Waals surface area contributed by atoms with Crippen LogP contribution < -0.4 is 10.2 Å². The standard InChI is InChI=1S/C15H20N4O2/c1-3-19(8-9-20)13-6-4-12(5-7-13)17-15(21)14-10-16-18-11(14)2/h4-7,10,20H,3,8-9H2,1-2H3,(H,16,18)(H,17,21). The van der Waals surface area contributed by atoms with Gasteiger partial charge in [-0.3, -0.25) is 9.89 Å². The molecule has 0 aliphatic heterocycles. The molecule has 0 aliphatic carbocycles. The summed E-state index contributed by atoms with van der Waals surface area (Å²) in [4.78, 5) is 14.1. The molecule has 0 saturated carbocycles. The second-order valence-electron chi connectivity index (χ2n) is 4.71. The fourth-order valence-corrected chi connectivity index (χ4v) is 2.12. The first kappa shape index (κ1) is 15.1. The van der Waals surface area contributed by atoms with Crippen molar-refractivity contribution < 1.29 is 9.90 Å². The summed E-state index contributed by atoms with van der Waals surface area (Å²) in [6.07, 6.45) is 1.51. The van der Waals surface area contributed by atoms with Gasteiger partial charge in [-0.1, -0.05) is 0 Å². The molecule has 21 heavy (non-hydrogen) atoms. The van der Waals surface area contributed by atoms with Crippen LogP contribution in [0.1, 0.15) is 23.0 Å². The highest BCUT2D eigenvalue weighted by Crippen LogP contribution is 2.18. The Morgan fingerprint density at radius 2 is 2.10 bits per heavy atom. The molecule has 6 nitrogen and oxygen atoms in total. The number of rotatable bonds is 6. The number of aryl methyl sites for hydroxylation is 1. The lowest BCUT2D eigenvalue weighted by atomic mass is 10.2. The molecule has 1 aromatic carbocycles. The van der Waals surface area contributed by atoms with Crippen LogP contribution in [0.5, 0.6) is 0 Å². The molecule has 0 bridgehead atoms. The monoisotopic (exact) mass is 288 g/mol. The zero-order chi connectivity index (χ0) is 15.2. The molecular weight excluding hydrogens is 268 g/mol. The van der Waals surface area contributed by atoms with E-state index >= 15 is 0 Å². The van der Waals surface area contributed by atoms with Crippen molar-refractivity contribution in [1.82, 2.24) is 10.2 Å². The fourth-order valence-electron chi connectivity index (χ4n) is 2.12. The SMILES string of the molecule is CCN(CCO)c1ccc(NC(=O)c2cn[nH]c2C)cc1. The van der Waals surface area contributed by atoms with Gasteiger partial charge in [-0.05, 0) is 38.1 Å². The van der Waals surface area contributed by atoms with Gasteiger partial charge in [0.25, 0.3) is 5.91 Å². The second-order valence-corrected chi connectivity index (χ2v) is 4.71. The minimum atomic E-state index is -0.184. The first-order valence-electron chi connectivity index (χ1n) is 6.93. The third kappa shape index (κ3) is 3.61. The topological polar surface area (TPSA) is 81.2 Å². The van der Waals surface area contributed by atoms with Gasteiger partial charge in [0.15, 0.2) is 0 Å². The minimum absolute atomic E-state index is 0.117. The Labute approximate surface area is 123 Å². The number of hydrogen-bond acceptors (Lipinski definition) is 4. The number of carbonyl (C=O) groups excluding carboxylic acids is 1. The van der Waals surface area contributed by atoms with E-state index in [9.17, 15) is 4.79 Å². The van der Waals surface area contributed by atoms with Gasteiger partial charge in [-0.15, -0.1) is 0 Å². The molecule has 0 radical (unpaired) electrons. The number of benzene rings is 1. The van der Waals surface area contributed by atoms with Gasteiger partial charge in [-0.2, -0.15) is 5.10 Å². The van der Waals surface area contributed by atoms with Crippen LogP contribution in [0.15, 0.2) is 30.5 Å². The second kappa shape index (κ2) is 6.90. The number of anilines is 2. The molecule has 2 aromatic rings. The Hall–Kier alpha value is -2.34.